The van der Waals surface area contributed by atoms with Gasteiger partial charge in [0.25, 0.3) is 0 Å². The number of amides is 1. The molecule has 122 valence electrons. The number of carboxylic acids is 1. The molecule has 22 heavy (non-hydrogen) atoms. The van der Waals surface area contributed by atoms with Gasteiger partial charge in [-0.25, -0.2) is 13.6 Å². The zero-order chi connectivity index (χ0) is 16.6. The van der Waals surface area contributed by atoms with Gasteiger partial charge < -0.3 is 21.1 Å². The van der Waals surface area contributed by atoms with Crippen molar-refractivity contribution in [3.63, 3.8) is 0 Å². The molecule has 0 aliphatic carbocycles. The lowest BCUT2D eigenvalue weighted by molar-refractivity contribution is -0.136. The standard InChI is InChI=1S/C12H18N4O5S/c13-22(20,21)10-3-1-9(2-4-10)16-11(17)7-14-5-6-15-8-12(18)19/h1-4,14-15H,5-8H2,(H,16,17)(H,18,19)(H2,13,20,21). The number of carbonyl (C=O) groups excluding carboxylic acids is 1. The van der Waals surface area contributed by atoms with E-state index in [0.29, 0.717) is 18.8 Å². The molecule has 0 aromatic heterocycles. The zero-order valence-electron chi connectivity index (χ0n) is 11.7. The number of rotatable bonds is 9. The number of nitrogens with two attached hydrogens (primary N) is 1. The van der Waals surface area contributed by atoms with Crippen LogP contribution in [0.4, 0.5) is 5.69 Å². The second-order valence-electron chi connectivity index (χ2n) is 4.36. The highest BCUT2D eigenvalue weighted by atomic mass is 32.2. The largest absolute Gasteiger partial charge is 0.480 e. The van der Waals surface area contributed by atoms with E-state index in [1.807, 2.05) is 0 Å². The van der Waals surface area contributed by atoms with Crippen LogP contribution in [0.3, 0.4) is 0 Å². The number of anilines is 1. The molecule has 9 nitrogen and oxygen atoms in total. The third kappa shape index (κ3) is 7.13. The predicted molar refractivity (Wildman–Crippen MR) is 79.8 cm³/mol. The maximum absolute atomic E-state index is 11.6. The molecule has 1 aromatic rings. The average molecular weight is 330 g/mol. The van der Waals surface area contributed by atoms with Crippen molar-refractivity contribution in [2.75, 3.05) is 31.5 Å². The number of hydrogen-bond acceptors (Lipinski definition) is 6. The lowest BCUT2D eigenvalue weighted by Crippen LogP contribution is -2.35. The number of nitrogens with one attached hydrogen (secondary N) is 3. The van der Waals surface area contributed by atoms with Crippen LogP contribution >= 0.6 is 0 Å². The Hall–Kier alpha value is -2.01. The molecular weight excluding hydrogens is 312 g/mol. The Labute approximate surface area is 127 Å². The van der Waals surface area contributed by atoms with Crippen LogP contribution in [0.15, 0.2) is 29.2 Å². The molecule has 0 spiro atoms. The van der Waals surface area contributed by atoms with E-state index in [1.54, 1.807) is 0 Å². The Morgan fingerprint density at radius 3 is 2.09 bits per heavy atom. The predicted octanol–water partition coefficient (Wildman–Crippen LogP) is -1.46. The van der Waals surface area contributed by atoms with Crippen LogP contribution in [-0.4, -0.2) is 51.6 Å². The third-order valence-corrected chi connectivity index (χ3v) is 3.44. The van der Waals surface area contributed by atoms with Crippen molar-refractivity contribution < 1.29 is 23.1 Å². The van der Waals surface area contributed by atoms with Crippen molar-refractivity contribution >= 4 is 27.6 Å². The second kappa shape index (κ2) is 8.44. The van der Waals surface area contributed by atoms with Gasteiger partial charge in [0.15, 0.2) is 0 Å². The molecule has 10 heteroatoms. The molecule has 6 N–H and O–H groups in total. The molecule has 0 saturated heterocycles. The molecular formula is C12H18N4O5S. The SMILES string of the molecule is NS(=O)(=O)c1ccc(NC(=O)CNCCNCC(=O)O)cc1. The summed E-state index contributed by atoms with van der Waals surface area (Å²) in [5.41, 5.74) is 0.447. The summed E-state index contributed by atoms with van der Waals surface area (Å²) in [5.74, 6) is -1.25. The fraction of sp³-hybridized carbons (Fsp3) is 0.333. The second-order valence-corrected chi connectivity index (χ2v) is 5.93. The summed E-state index contributed by atoms with van der Waals surface area (Å²) in [6.45, 7) is 0.768. The van der Waals surface area contributed by atoms with Gasteiger partial charge in [0.05, 0.1) is 18.0 Å². The van der Waals surface area contributed by atoms with Crippen LogP contribution < -0.4 is 21.1 Å². The van der Waals surface area contributed by atoms with Crippen LogP contribution in [0, 0.1) is 0 Å². The fourth-order valence-electron chi connectivity index (χ4n) is 1.51. The van der Waals surface area contributed by atoms with Gasteiger partial charge in [-0.3, -0.25) is 9.59 Å². The molecule has 0 aliphatic rings. The van der Waals surface area contributed by atoms with Gasteiger partial charge in [0, 0.05) is 18.8 Å². The van der Waals surface area contributed by atoms with Crippen molar-refractivity contribution in [2.24, 2.45) is 5.14 Å². The first-order valence-corrected chi connectivity index (χ1v) is 7.89. The number of aliphatic carboxylic acids is 1. The number of sulfonamides is 1. The minimum atomic E-state index is -3.75. The Morgan fingerprint density at radius 2 is 1.59 bits per heavy atom. The van der Waals surface area contributed by atoms with E-state index in [9.17, 15) is 18.0 Å². The van der Waals surface area contributed by atoms with Gasteiger partial charge in [0.2, 0.25) is 15.9 Å². The van der Waals surface area contributed by atoms with Crippen LogP contribution in [0.1, 0.15) is 0 Å². The topological polar surface area (TPSA) is 151 Å². The van der Waals surface area contributed by atoms with Crippen LogP contribution in [0.5, 0.6) is 0 Å². The van der Waals surface area contributed by atoms with Crippen LogP contribution in [0.2, 0.25) is 0 Å². The molecule has 0 aliphatic heterocycles. The highest BCUT2D eigenvalue weighted by Crippen LogP contribution is 2.12. The highest BCUT2D eigenvalue weighted by Gasteiger charge is 2.07. The highest BCUT2D eigenvalue weighted by molar-refractivity contribution is 7.89. The van der Waals surface area contributed by atoms with Crippen molar-refractivity contribution in [1.82, 2.24) is 10.6 Å². The van der Waals surface area contributed by atoms with Crippen molar-refractivity contribution in [3.05, 3.63) is 24.3 Å². The summed E-state index contributed by atoms with van der Waals surface area (Å²) in [6, 6.07) is 5.47. The van der Waals surface area contributed by atoms with Gasteiger partial charge in [-0.2, -0.15) is 0 Å². The Morgan fingerprint density at radius 1 is 1.05 bits per heavy atom. The quantitative estimate of drug-likeness (QED) is 0.347. The number of benzene rings is 1. The van der Waals surface area contributed by atoms with E-state index in [-0.39, 0.29) is 23.9 Å². The first-order valence-electron chi connectivity index (χ1n) is 6.35. The summed E-state index contributed by atoms with van der Waals surface area (Å²) < 4.78 is 22.1. The Bertz CT molecular complexity index is 615. The summed E-state index contributed by atoms with van der Waals surface area (Å²) in [6.07, 6.45) is 0. The number of hydrogen-bond donors (Lipinski definition) is 5. The minimum Gasteiger partial charge on any atom is -0.480 e. The average Bonchev–Trinajstić information content (AvgIpc) is 2.42. The Balaban J connectivity index is 2.29. The van der Waals surface area contributed by atoms with Gasteiger partial charge in [-0.1, -0.05) is 0 Å². The van der Waals surface area contributed by atoms with Gasteiger partial charge in [-0.15, -0.1) is 0 Å². The van der Waals surface area contributed by atoms with Crippen molar-refractivity contribution in [2.45, 2.75) is 4.90 Å². The third-order valence-electron chi connectivity index (χ3n) is 2.51. The van der Waals surface area contributed by atoms with E-state index in [4.69, 9.17) is 10.2 Å². The Kier molecular flexibility index (Phi) is 6.92. The van der Waals surface area contributed by atoms with Gasteiger partial charge in [0.1, 0.15) is 0 Å². The molecule has 1 aromatic carbocycles. The summed E-state index contributed by atoms with van der Waals surface area (Å²) in [4.78, 5) is 21.8. The molecule has 0 heterocycles. The number of primary sulfonamides is 1. The monoisotopic (exact) mass is 330 g/mol. The van der Waals surface area contributed by atoms with Crippen molar-refractivity contribution in [3.8, 4) is 0 Å². The first-order chi connectivity index (χ1) is 10.3. The molecule has 0 radical (unpaired) electrons. The summed E-state index contributed by atoms with van der Waals surface area (Å²) >= 11 is 0. The van der Waals surface area contributed by atoms with E-state index in [2.05, 4.69) is 16.0 Å². The normalized spacial score (nSPS) is 11.1. The maximum atomic E-state index is 11.6. The molecule has 0 unspecified atom stereocenters. The van der Waals surface area contributed by atoms with E-state index < -0.39 is 16.0 Å². The van der Waals surface area contributed by atoms with Crippen LogP contribution in [0.25, 0.3) is 0 Å². The molecule has 0 fully saturated rings. The number of carbonyl (C=O) groups is 2. The minimum absolute atomic E-state index is 0.0341. The number of carboxylic acid groups (broad SMARTS) is 1. The fourth-order valence-corrected chi connectivity index (χ4v) is 2.02. The molecule has 1 rings (SSSR count). The molecule has 1 amide bonds. The van der Waals surface area contributed by atoms with E-state index >= 15 is 0 Å². The maximum Gasteiger partial charge on any atom is 0.317 e. The van der Waals surface area contributed by atoms with Gasteiger partial charge >= 0.3 is 5.97 Å². The first kappa shape index (κ1) is 18.0. The molecule has 0 saturated carbocycles. The van der Waals surface area contributed by atoms with E-state index in [0.717, 1.165) is 0 Å². The summed E-state index contributed by atoms with van der Waals surface area (Å²) in [7, 11) is -3.75. The van der Waals surface area contributed by atoms with E-state index in [1.165, 1.54) is 24.3 Å². The van der Waals surface area contributed by atoms with Gasteiger partial charge in [-0.05, 0) is 24.3 Å². The van der Waals surface area contributed by atoms with Crippen LogP contribution in [-0.2, 0) is 19.6 Å². The lowest BCUT2D eigenvalue weighted by Gasteiger charge is -2.07. The zero-order valence-corrected chi connectivity index (χ0v) is 12.5. The molecule has 0 atom stereocenters. The summed E-state index contributed by atoms with van der Waals surface area (Å²) in [5, 5.41) is 21.4. The lowest BCUT2D eigenvalue weighted by atomic mass is 10.3. The van der Waals surface area contributed by atoms with Crippen molar-refractivity contribution in [1.29, 1.82) is 0 Å². The molecule has 0 bridgehead atoms. The smallest absolute Gasteiger partial charge is 0.317 e.